The van der Waals surface area contributed by atoms with Crippen LogP contribution in [0.4, 0.5) is 0 Å². The second-order valence-electron chi connectivity index (χ2n) is 1.81. The highest BCUT2D eigenvalue weighted by Gasteiger charge is 2.36. The summed E-state index contributed by atoms with van der Waals surface area (Å²) in [7, 11) is 0. The SMILES string of the molecule is NC1N(N)N(N)N(N)N1N. The Morgan fingerprint density at radius 3 is 1.20 bits per heavy atom. The van der Waals surface area contributed by atoms with Gasteiger partial charge >= 0.3 is 0 Å². The zero-order valence-corrected chi connectivity index (χ0v) is 5.25. The lowest BCUT2D eigenvalue weighted by molar-refractivity contribution is -0.186. The summed E-state index contributed by atoms with van der Waals surface area (Å²) < 4.78 is 0. The van der Waals surface area contributed by atoms with E-state index < -0.39 is 6.29 Å². The molecule has 0 amide bonds. The van der Waals surface area contributed by atoms with Crippen LogP contribution in [0.15, 0.2) is 0 Å². The van der Waals surface area contributed by atoms with Gasteiger partial charge in [-0.15, -0.1) is 10.2 Å². The second kappa shape index (κ2) is 2.35. The van der Waals surface area contributed by atoms with Gasteiger partial charge in [0.2, 0.25) is 0 Å². The average molecular weight is 149 g/mol. The summed E-state index contributed by atoms with van der Waals surface area (Å²) in [6.45, 7) is 0. The molecule has 0 aromatic rings. The van der Waals surface area contributed by atoms with Crippen molar-refractivity contribution in [3.8, 4) is 0 Å². The first-order chi connectivity index (χ1) is 4.55. The van der Waals surface area contributed by atoms with Crippen molar-refractivity contribution in [1.82, 2.24) is 20.7 Å². The van der Waals surface area contributed by atoms with Crippen LogP contribution in [-0.4, -0.2) is 27.0 Å². The number of nitrogens with two attached hydrogens (primary N) is 5. The van der Waals surface area contributed by atoms with E-state index in [0.29, 0.717) is 0 Å². The van der Waals surface area contributed by atoms with E-state index in [2.05, 4.69) is 0 Å². The normalized spacial score (nSPS) is 28.5. The maximum absolute atomic E-state index is 5.36. The molecule has 1 saturated heterocycles. The van der Waals surface area contributed by atoms with Crippen molar-refractivity contribution in [1.29, 1.82) is 0 Å². The van der Waals surface area contributed by atoms with Crippen molar-refractivity contribution in [2.24, 2.45) is 29.1 Å². The van der Waals surface area contributed by atoms with Crippen LogP contribution in [0.25, 0.3) is 0 Å². The van der Waals surface area contributed by atoms with Gasteiger partial charge in [-0.1, -0.05) is 10.5 Å². The van der Waals surface area contributed by atoms with E-state index in [1.807, 2.05) is 0 Å². The van der Waals surface area contributed by atoms with Crippen LogP contribution >= 0.6 is 0 Å². The van der Waals surface area contributed by atoms with Gasteiger partial charge < -0.3 is 0 Å². The van der Waals surface area contributed by atoms with Gasteiger partial charge in [0.1, 0.15) is 0 Å². The topological polar surface area (TPSA) is 143 Å². The van der Waals surface area contributed by atoms with E-state index in [9.17, 15) is 0 Å². The first-order valence-corrected chi connectivity index (χ1v) is 2.48. The Morgan fingerprint density at radius 2 is 1.10 bits per heavy atom. The number of nitrogens with zero attached hydrogens (tertiary/aromatic N) is 4. The fraction of sp³-hybridized carbons (Fsp3) is 1.00. The Balaban J connectivity index is 2.68. The highest BCUT2D eigenvalue weighted by atomic mass is 16.3. The number of hydrogen-bond donors (Lipinski definition) is 5. The maximum Gasteiger partial charge on any atom is 0.174 e. The highest BCUT2D eigenvalue weighted by molar-refractivity contribution is 4.54. The quantitative estimate of drug-likeness (QED) is 0.216. The number of hydrogen-bond acceptors (Lipinski definition) is 9. The van der Waals surface area contributed by atoms with Gasteiger partial charge in [-0.05, 0) is 0 Å². The first-order valence-electron chi connectivity index (χ1n) is 2.48. The van der Waals surface area contributed by atoms with Gasteiger partial charge in [-0.25, -0.2) is 23.4 Å². The average Bonchev–Trinajstić information content (AvgIpc) is 2.07. The van der Waals surface area contributed by atoms with Gasteiger partial charge in [0.15, 0.2) is 6.29 Å². The molecule has 1 heterocycles. The van der Waals surface area contributed by atoms with Crippen LogP contribution < -0.4 is 29.1 Å². The lowest BCUT2D eigenvalue weighted by Gasteiger charge is -2.20. The zero-order valence-electron chi connectivity index (χ0n) is 5.25. The van der Waals surface area contributed by atoms with E-state index in [-0.39, 0.29) is 0 Å². The third kappa shape index (κ3) is 0.873. The summed E-state index contributed by atoms with van der Waals surface area (Å²) in [5.41, 5.74) is 5.36. The van der Waals surface area contributed by atoms with Gasteiger partial charge in [-0.3, -0.25) is 5.73 Å². The molecule has 0 radical (unpaired) electrons. The largest absolute Gasteiger partial charge is 0.299 e. The van der Waals surface area contributed by atoms with Crippen LogP contribution in [0.3, 0.4) is 0 Å². The molecule has 10 heavy (non-hydrogen) atoms. The molecule has 0 spiro atoms. The molecule has 0 aliphatic carbocycles. The number of rotatable bonds is 0. The molecule has 0 bridgehead atoms. The minimum Gasteiger partial charge on any atom is -0.299 e. The van der Waals surface area contributed by atoms with Crippen molar-refractivity contribution >= 4 is 0 Å². The molecular weight excluding hydrogens is 138 g/mol. The van der Waals surface area contributed by atoms with E-state index >= 15 is 0 Å². The van der Waals surface area contributed by atoms with E-state index in [0.717, 1.165) is 20.7 Å². The molecule has 10 N–H and O–H groups in total. The molecule has 0 unspecified atom stereocenters. The summed E-state index contributed by atoms with van der Waals surface area (Å²) in [5.74, 6) is 21.0. The smallest absolute Gasteiger partial charge is 0.174 e. The zero-order chi connectivity index (χ0) is 7.89. The van der Waals surface area contributed by atoms with Crippen molar-refractivity contribution in [3.05, 3.63) is 0 Å². The van der Waals surface area contributed by atoms with E-state index in [4.69, 9.17) is 29.1 Å². The van der Waals surface area contributed by atoms with Crippen LogP contribution in [0.5, 0.6) is 0 Å². The summed E-state index contributed by atoms with van der Waals surface area (Å²) in [4.78, 5) is 0. The highest BCUT2D eigenvalue weighted by Crippen LogP contribution is 2.04. The maximum atomic E-state index is 5.36. The Hall–Kier alpha value is -0.360. The first kappa shape index (κ1) is 7.74. The van der Waals surface area contributed by atoms with Gasteiger partial charge in [0.25, 0.3) is 0 Å². The van der Waals surface area contributed by atoms with Crippen LogP contribution in [-0.2, 0) is 0 Å². The lowest BCUT2D eigenvalue weighted by atomic mass is 10.9. The fourth-order valence-electron chi connectivity index (χ4n) is 0.575. The van der Waals surface area contributed by atoms with Gasteiger partial charge in [0.05, 0.1) is 0 Å². The molecular formula is CH11N9. The fourth-order valence-corrected chi connectivity index (χ4v) is 0.575. The molecule has 9 nitrogen and oxygen atoms in total. The third-order valence-electron chi connectivity index (χ3n) is 1.23. The van der Waals surface area contributed by atoms with Crippen LogP contribution in [0, 0.1) is 0 Å². The van der Waals surface area contributed by atoms with Crippen LogP contribution in [0.1, 0.15) is 0 Å². The summed E-state index contributed by atoms with van der Waals surface area (Å²) in [5, 5.41) is 3.70. The second-order valence-corrected chi connectivity index (χ2v) is 1.81. The van der Waals surface area contributed by atoms with Crippen molar-refractivity contribution in [2.75, 3.05) is 0 Å². The predicted octanol–water partition coefficient (Wildman–Crippen LogP) is -4.31. The molecule has 1 aliphatic heterocycles. The van der Waals surface area contributed by atoms with E-state index in [1.165, 1.54) is 0 Å². The molecule has 9 heteroatoms. The summed E-state index contributed by atoms with van der Waals surface area (Å²) in [6.07, 6.45) is -0.741. The molecule has 0 atom stereocenters. The standard InChI is InChI=1S/CH11N9/c2-1-7(3)9(5)10(6)8(1)4/h1H,2-6H2. The molecule has 0 aromatic heterocycles. The summed E-state index contributed by atoms with van der Waals surface area (Å²) in [6, 6.07) is 0. The summed E-state index contributed by atoms with van der Waals surface area (Å²) >= 11 is 0. The Bertz CT molecular complexity index is 77.1. The lowest BCUT2D eigenvalue weighted by Crippen LogP contribution is -2.58. The molecule has 1 fully saturated rings. The minimum atomic E-state index is -0.741. The Morgan fingerprint density at radius 1 is 0.800 bits per heavy atom. The van der Waals surface area contributed by atoms with E-state index in [1.54, 1.807) is 0 Å². The molecule has 0 aromatic carbocycles. The molecule has 1 rings (SSSR count). The Kier molecular flexibility index (Phi) is 1.82. The van der Waals surface area contributed by atoms with Gasteiger partial charge in [0, 0.05) is 0 Å². The molecule has 60 valence electrons. The Labute approximate surface area is 57.3 Å². The van der Waals surface area contributed by atoms with Crippen LogP contribution in [0.2, 0.25) is 0 Å². The molecule has 0 saturated carbocycles. The van der Waals surface area contributed by atoms with Gasteiger partial charge in [-0.2, -0.15) is 0 Å². The molecule has 1 aliphatic rings. The predicted molar refractivity (Wildman–Crippen MR) is 32.1 cm³/mol. The van der Waals surface area contributed by atoms with Crippen molar-refractivity contribution in [2.45, 2.75) is 6.29 Å². The minimum absolute atomic E-state index is 0.741. The monoisotopic (exact) mass is 149 g/mol. The van der Waals surface area contributed by atoms with Crippen molar-refractivity contribution in [3.63, 3.8) is 0 Å². The van der Waals surface area contributed by atoms with Crippen molar-refractivity contribution < 1.29 is 0 Å². The number of hydrazine groups is 7. The third-order valence-corrected chi connectivity index (χ3v) is 1.23.